The van der Waals surface area contributed by atoms with Crippen molar-refractivity contribution in [1.29, 1.82) is 0 Å². The van der Waals surface area contributed by atoms with Gasteiger partial charge in [0.2, 0.25) is 0 Å². The van der Waals surface area contributed by atoms with E-state index in [0.717, 1.165) is 11.3 Å². The first-order valence-electron chi connectivity index (χ1n) is 5.87. The van der Waals surface area contributed by atoms with Gasteiger partial charge in [0, 0.05) is 0 Å². The molecular formula is C15H14Cl2N2. The van der Waals surface area contributed by atoms with Crippen molar-refractivity contribution in [1.82, 2.24) is 0 Å². The van der Waals surface area contributed by atoms with Crippen LogP contribution in [0, 0.1) is 13.8 Å². The van der Waals surface area contributed by atoms with Gasteiger partial charge in [-0.15, -0.1) is 0 Å². The molecule has 0 fully saturated rings. The molecule has 0 heterocycles. The Morgan fingerprint density at radius 2 is 1.79 bits per heavy atom. The lowest BCUT2D eigenvalue weighted by Crippen LogP contribution is -1.93. The number of halogens is 2. The SMILES string of the molecule is Cc1ccc(/C=N/Nc2ccc(Cl)c(Cl)c2)c(C)c1. The van der Waals surface area contributed by atoms with Gasteiger partial charge in [0.25, 0.3) is 0 Å². The molecule has 0 saturated carbocycles. The minimum absolute atomic E-state index is 0.508. The second-order valence-corrected chi connectivity index (χ2v) is 5.17. The monoisotopic (exact) mass is 292 g/mol. The Balaban J connectivity index is 2.09. The summed E-state index contributed by atoms with van der Waals surface area (Å²) in [5.74, 6) is 0. The number of hydrazone groups is 1. The highest BCUT2D eigenvalue weighted by molar-refractivity contribution is 6.42. The number of rotatable bonds is 3. The predicted octanol–water partition coefficient (Wildman–Crippen LogP) is 5.06. The maximum Gasteiger partial charge on any atom is 0.0613 e. The minimum atomic E-state index is 0.508. The molecule has 19 heavy (non-hydrogen) atoms. The third kappa shape index (κ3) is 3.72. The highest BCUT2D eigenvalue weighted by Crippen LogP contribution is 2.24. The summed E-state index contributed by atoms with van der Waals surface area (Å²) in [5.41, 5.74) is 7.25. The van der Waals surface area contributed by atoms with Crippen LogP contribution in [0.1, 0.15) is 16.7 Å². The Morgan fingerprint density at radius 1 is 1.00 bits per heavy atom. The van der Waals surface area contributed by atoms with E-state index >= 15 is 0 Å². The van der Waals surface area contributed by atoms with Crippen LogP contribution in [-0.2, 0) is 0 Å². The van der Waals surface area contributed by atoms with Gasteiger partial charge in [-0.2, -0.15) is 5.10 Å². The Kier molecular flexibility index (Phi) is 4.46. The quantitative estimate of drug-likeness (QED) is 0.621. The lowest BCUT2D eigenvalue weighted by Gasteiger charge is -2.03. The van der Waals surface area contributed by atoms with Crippen molar-refractivity contribution in [3.8, 4) is 0 Å². The highest BCUT2D eigenvalue weighted by Gasteiger charge is 1.98. The molecule has 2 rings (SSSR count). The van der Waals surface area contributed by atoms with Crippen molar-refractivity contribution in [2.24, 2.45) is 5.10 Å². The fourth-order valence-corrected chi connectivity index (χ4v) is 2.01. The molecule has 0 bridgehead atoms. The summed E-state index contributed by atoms with van der Waals surface area (Å²) in [6, 6.07) is 11.5. The van der Waals surface area contributed by atoms with Crippen LogP contribution in [-0.4, -0.2) is 6.21 Å². The summed E-state index contributed by atoms with van der Waals surface area (Å²) < 4.78 is 0. The normalized spacial score (nSPS) is 10.9. The van der Waals surface area contributed by atoms with E-state index in [9.17, 15) is 0 Å². The molecule has 0 aliphatic carbocycles. The van der Waals surface area contributed by atoms with Crippen LogP contribution in [0.5, 0.6) is 0 Å². The molecule has 0 aromatic heterocycles. The number of hydrogen-bond donors (Lipinski definition) is 1. The Bertz CT molecular complexity index is 622. The van der Waals surface area contributed by atoms with Gasteiger partial charge in [-0.1, -0.05) is 47.0 Å². The molecule has 0 spiro atoms. The first kappa shape index (κ1) is 13.9. The van der Waals surface area contributed by atoms with Crippen LogP contribution in [0.15, 0.2) is 41.5 Å². The first-order valence-corrected chi connectivity index (χ1v) is 6.63. The molecular weight excluding hydrogens is 279 g/mol. The maximum atomic E-state index is 5.93. The van der Waals surface area contributed by atoms with Crippen LogP contribution in [0.25, 0.3) is 0 Å². The van der Waals surface area contributed by atoms with Crippen LogP contribution >= 0.6 is 23.2 Å². The van der Waals surface area contributed by atoms with Crippen molar-refractivity contribution in [2.75, 3.05) is 5.43 Å². The Morgan fingerprint density at radius 3 is 2.47 bits per heavy atom. The molecule has 0 aliphatic heterocycles. The molecule has 0 amide bonds. The summed E-state index contributed by atoms with van der Waals surface area (Å²) >= 11 is 11.8. The van der Waals surface area contributed by atoms with Crippen LogP contribution < -0.4 is 5.43 Å². The summed E-state index contributed by atoms with van der Waals surface area (Å²) in [5, 5.41) is 5.24. The largest absolute Gasteiger partial charge is 0.278 e. The van der Waals surface area contributed by atoms with E-state index in [1.807, 2.05) is 12.1 Å². The van der Waals surface area contributed by atoms with Crippen molar-refractivity contribution < 1.29 is 0 Å². The number of nitrogens with zero attached hydrogens (tertiary/aromatic N) is 1. The Labute approximate surface area is 123 Å². The lowest BCUT2D eigenvalue weighted by atomic mass is 10.1. The topological polar surface area (TPSA) is 24.4 Å². The molecule has 4 heteroatoms. The van der Waals surface area contributed by atoms with Crippen molar-refractivity contribution >= 4 is 35.1 Å². The summed E-state index contributed by atoms with van der Waals surface area (Å²) in [6.07, 6.45) is 1.79. The lowest BCUT2D eigenvalue weighted by molar-refractivity contribution is 1.33. The second kappa shape index (κ2) is 6.09. The van der Waals surface area contributed by atoms with E-state index in [-0.39, 0.29) is 0 Å². The first-order chi connectivity index (χ1) is 9.06. The molecule has 0 radical (unpaired) electrons. The number of benzene rings is 2. The van der Waals surface area contributed by atoms with Gasteiger partial charge in [-0.25, -0.2) is 0 Å². The second-order valence-electron chi connectivity index (χ2n) is 4.36. The number of anilines is 1. The van der Waals surface area contributed by atoms with Gasteiger partial charge in [0.15, 0.2) is 0 Å². The van der Waals surface area contributed by atoms with Gasteiger partial charge in [0.1, 0.15) is 0 Å². The fourth-order valence-electron chi connectivity index (χ4n) is 1.71. The number of aryl methyl sites for hydroxylation is 2. The van der Waals surface area contributed by atoms with E-state index in [1.54, 1.807) is 18.3 Å². The number of nitrogens with one attached hydrogen (secondary N) is 1. The van der Waals surface area contributed by atoms with E-state index < -0.39 is 0 Å². The fraction of sp³-hybridized carbons (Fsp3) is 0.133. The van der Waals surface area contributed by atoms with Crippen LogP contribution in [0.2, 0.25) is 10.0 Å². The molecule has 2 nitrogen and oxygen atoms in total. The molecule has 0 unspecified atom stereocenters. The molecule has 0 atom stereocenters. The van der Waals surface area contributed by atoms with Crippen molar-refractivity contribution in [2.45, 2.75) is 13.8 Å². The van der Waals surface area contributed by atoms with Gasteiger partial charge < -0.3 is 0 Å². The number of hydrogen-bond acceptors (Lipinski definition) is 2. The zero-order chi connectivity index (χ0) is 13.8. The molecule has 0 aliphatic rings. The maximum absolute atomic E-state index is 5.93. The zero-order valence-corrected chi connectivity index (χ0v) is 12.3. The molecule has 2 aromatic carbocycles. The minimum Gasteiger partial charge on any atom is -0.278 e. The van der Waals surface area contributed by atoms with Gasteiger partial charge >= 0.3 is 0 Å². The summed E-state index contributed by atoms with van der Waals surface area (Å²) in [4.78, 5) is 0. The average molecular weight is 293 g/mol. The molecule has 2 aromatic rings. The van der Waals surface area contributed by atoms with E-state index in [1.165, 1.54) is 11.1 Å². The smallest absolute Gasteiger partial charge is 0.0613 e. The summed E-state index contributed by atoms with van der Waals surface area (Å²) in [6.45, 7) is 4.13. The van der Waals surface area contributed by atoms with Crippen molar-refractivity contribution in [3.63, 3.8) is 0 Å². The molecule has 98 valence electrons. The third-order valence-electron chi connectivity index (χ3n) is 2.74. The van der Waals surface area contributed by atoms with Crippen molar-refractivity contribution in [3.05, 3.63) is 63.1 Å². The average Bonchev–Trinajstić information content (AvgIpc) is 2.36. The van der Waals surface area contributed by atoms with Crippen LogP contribution in [0.4, 0.5) is 5.69 Å². The van der Waals surface area contributed by atoms with Gasteiger partial charge in [-0.3, -0.25) is 5.43 Å². The third-order valence-corrected chi connectivity index (χ3v) is 3.48. The van der Waals surface area contributed by atoms with E-state index in [4.69, 9.17) is 23.2 Å². The van der Waals surface area contributed by atoms with Gasteiger partial charge in [-0.05, 0) is 43.2 Å². The van der Waals surface area contributed by atoms with Gasteiger partial charge in [0.05, 0.1) is 21.9 Å². The molecule has 1 N–H and O–H groups in total. The highest BCUT2D eigenvalue weighted by atomic mass is 35.5. The van der Waals surface area contributed by atoms with Crippen LogP contribution in [0.3, 0.4) is 0 Å². The summed E-state index contributed by atoms with van der Waals surface area (Å²) in [7, 11) is 0. The predicted molar refractivity (Wildman–Crippen MR) is 83.6 cm³/mol. The van der Waals surface area contributed by atoms with E-state index in [0.29, 0.717) is 10.0 Å². The molecule has 0 saturated heterocycles. The Hall–Kier alpha value is -1.51. The zero-order valence-electron chi connectivity index (χ0n) is 10.7. The standard InChI is InChI=1S/C15H14Cl2N2/c1-10-3-4-12(11(2)7-10)9-18-19-13-5-6-14(16)15(17)8-13/h3-9,19H,1-2H3/b18-9+. The van der Waals surface area contributed by atoms with E-state index in [2.05, 4.69) is 36.5 Å².